The number of rotatable bonds is 8. The molecule has 1 N–H and O–H groups in total. The summed E-state index contributed by atoms with van der Waals surface area (Å²) >= 11 is 0. The van der Waals surface area contributed by atoms with E-state index in [1.54, 1.807) is 12.1 Å². The van der Waals surface area contributed by atoms with E-state index < -0.39 is 59.8 Å². The standard InChI is InChI=1S/C23H21NO12/c1-12(25)34-16-8-3-2-6-14(16)22(27)35-17-10-31-21-18(11-32-20(17)21)36-23(28)15-7-4-5-13(19(15)26)9-33-24(29)30/h2-8,17-18,20-21,26H,9-11H2,1H3/t17-,18+,20+,21+/m0/s1. The Hall–Kier alpha value is -4.23. The molecular weight excluding hydrogens is 482 g/mol. The molecule has 2 aromatic rings. The van der Waals surface area contributed by atoms with Gasteiger partial charge in [-0.3, -0.25) is 4.79 Å². The van der Waals surface area contributed by atoms with Gasteiger partial charge in [-0.1, -0.05) is 24.3 Å². The van der Waals surface area contributed by atoms with Gasteiger partial charge in [0.2, 0.25) is 0 Å². The Morgan fingerprint density at radius 1 is 0.972 bits per heavy atom. The maximum absolute atomic E-state index is 12.7. The van der Waals surface area contributed by atoms with Crippen molar-refractivity contribution in [2.75, 3.05) is 13.2 Å². The molecule has 2 aliphatic heterocycles. The first-order chi connectivity index (χ1) is 17.2. The minimum Gasteiger partial charge on any atom is -0.507 e. The Balaban J connectivity index is 1.39. The summed E-state index contributed by atoms with van der Waals surface area (Å²) < 4.78 is 27.4. The first-order valence-electron chi connectivity index (χ1n) is 10.8. The molecule has 13 heteroatoms. The van der Waals surface area contributed by atoms with Crippen molar-refractivity contribution in [3.8, 4) is 11.5 Å². The normalized spacial score (nSPS) is 22.4. The molecule has 0 aromatic heterocycles. The maximum atomic E-state index is 12.7. The second-order valence-corrected chi connectivity index (χ2v) is 7.88. The quantitative estimate of drug-likeness (QED) is 0.239. The van der Waals surface area contributed by atoms with Crippen LogP contribution in [0.3, 0.4) is 0 Å². The molecule has 0 spiro atoms. The van der Waals surface area contributed by atoms with Gasteiger partial charge in [-0.15, -0.1) is 10.1 Å². The van der Waals surface area contributed by atoms with Crippen molar-refractivity contribution in [2.45, 2.75) is 37.9 Å². The van der Waals surface area contributed by atoms with E-state index in [-0.39, 0.29) is 35.7 Å². The number of phenols is 1. The number of hydrogen-bond acceptors (Lipinski definition) is 12. The molecule has 0 amide bonds. The van der Waals surface area contributed by atoms with Crippen LogP contribution in [0.5, 0.6) is 11.5 Å². The predicted molar refractivity (Wildman–Crippen MR) is 116 cm³/mol. The lowest BCUT2D eigenvalue weighted by Crippen LogP contribution is -2.36. The molecule has 36 heavy (non-hydrogen) atoms. The van der Waals surface area contributed by atoms with E-state index in [0.717, 1.165) is 0 Å². The lowest BCUT2D eigenvalue weighted by atomic mass is 10.1. The Kier molecular flexibility index (Phi) is 7.31. The van der Waals surface area contributed by atoms with Crippen LogP contribution in [0.1, 0.15) is 33.2 Å². The summed E-state index contributed by atoms with van der Waals surface area (Å²) in [7, 11) is 0. The van der Waals surface area contributed by atoms with E-state index in [1.165, 1.54) is 37.3 Å². The van der Waals surface area contributed by atoms with Crippen LogP contribution in [-0.2, 0) is 35.2 Å². The summed E-state index contributed by atoms with van der Waals surface area (Å²) in [5.41, 5.74) is -0.140. The highest BCUT2D eigenvalue weighted by atomic mass is 16.9. The summed E-state index contributed by atoms with van der Waals surface area (Å²) in [6.45, 7) is 0.587. The summed E-state index contributed by atoms with van der Waals surface area (Å²) in [4.78, 5) is 51.3. The largest absolute Gasteiger partial charge is 0.507 e. The molecule has 4 rings (SSSR count). The van der Waals surface area contributed by atoms with Crippen LogP contribution in [-0.4, -0.2) is 65.7 Å². The number of ether oxygens (including phenoxy) is 5. The van der Waals surface area contributed by atoms with E-state index in [4.69, 9.17) is 23.7 Å². The Labute approximate surface area is 203 Å². The van der Waals surface area contributed by atoms with Gasteiger partial charge in [0.15, 0.2) is 12.2 Å². The van der Waals surface area contributed by atoms with E-state index in [2.05, 4.69) is 4.84 Å². The third-order valence-corrected chi connectivity index (χ3v) is 5.50. The fraction of sp³-hybridized carbons (Fsp3) is 0.348. The van der Waals surface area contributed by atoms with Crippen LogP contribution in [0.2, 0.25) is 0 Å². The number of hydrogen-bond donors (Lipinski definition) is 1. The maximum Gasteiger partial charge on any atom is 0.342 e. The Morgan fingerprint density at radius 3 is 2.17 bits per heavy atom. The van der Waals surface area contributed by atoms with E-state index in [9.17, 15) is 29.6 Å². The van der Waals surface area contributed by atoms with E-state index >= 15 is 0 Å². The predicted octanol–water partition coefficient (Wildman–Crippen LogP) is 1.57. The number of para-hydroxylation sites is 2. The molecular formula is C23H21NO12. The van der Waals surface area contributed by atoms with Crippen molar-refractivity contribution in [2.24, 2.45) is 0 Å². The highest BCUT2D eigenvalue weighted by Crippen LogP contribution is 2.33. The molecule has 0 saturated carbocycles. The van der Waals surface area contributed by atoms with Crippen molar-refractivity contribution in [3.05, 3.63) is 69.3 Å². The molecule has 2 heterocycles. The van der Waals surface area contributed by atoms with Crippen molar-refractivity contribution in [1.82, 2.24) is 0 Å². The minimum atomic E-state index is -1.02. The second kappa shape index (κ2) is 10.6. The van der Waals surface area contributed by atoms with Crippen LogP contribution in [0.4, 0.5) is 0 Å². The highest BCUT2D eigenvalue weighted by Gasteiger charge is 2.51. The average Bonchev–Trinajstić information content (AvgIpc) is 3.41. The zero-order valence-electron chi connectivity index (χ0n) is 18.9. The summed E-state index contributed by atoms with van der Waals surface area (Å²) in [6.07, 6.45) is -3.13. The molecule has 190 valence electrons. The first-order valence-corrected chi connectivity index (χ1v) is 10.8. The van der Waals surface area contributed by atoms with Crippen LogP contribution < -0.4 is 4.74 Å². The highest BCUT2D eigenvalue weighted by molar-refractivity contribution is 5.94. The van der Waals surface area contributed by atoms with Gasteiger partial charge in [0.05, 0.1) is 13.2 Å². The van der Waals surface area contributed by atoms with Gasteiger partial charge in [-0.05, 0) is 18.2 Å². The molecule has 2 saturated heterocycles. The summed E-state index contributed by atoms with van der Waals surface area (Å²) in [6, 6.07) is 10.2. The lowest BCUT2D eigenvalue weighted by Gasteiger charge is -2.18. The van der Waals surface area contributed by atoms with Crippen molar-refractivity contribution in [3.63, 3.8) is 0 Å². The van der Waals surface area contributed by atoms with Crippen LogP contribution >= 0.6 is 0 Å². The molecule has 2 aromatic carbocycles. The number of carbonyl (C=O) groups excluding carboxylic acids is 3. The van der Waals surface area contributed by atoms with Crippen molar-refractivity contribution >= 4 is 17.9 Å². The monoisotopic (exact) mass is 503 g/mol. The fourth-order valence-electron chi connectivity index (χ4n) is 3.91. The van der Waals surface area contributed by atoms with E-state index in [0.29, 0.717) is 0 Å². The lowest BCUT2D eigenvalue weighted by molar-refractivity contribution is -0.763. The zero-order chi connectivity index (χ0) is 25.8. The summed E-state index contributed by atoms with van der Waals surface area (Å²) in [5, 5.41) is 19.7. The molecule has 0 radical (unpaired) electrons. The van der Waals surface area contributed by atoms with Gasteiger partial charge in [0.1, 0.15) is 41.4 Å². The Bertz CT molecular complexity index is 1180. The summed E-state index contributed by atoms with van der Waals surface area (Å²) in [5.74, 6) is -2.70. The van der Waals surface area contributed by atoms with Crippen LogP contribution in [0.25, 0.3) is 0 Å². The molecule has 2 aliphatic rings. The Morgan fingerprint density at radius 2 is 1.56 bits per heavy atom. The van der Waals surface area contributed by atoms with Crippen LogP contribution in [0, 0.1) is 10.1 Å². The topological polar surface area (TPSA) is 170 Å². The van der Waals surface area contributed by atoms with Gasteiger partial charge >= 0.3 is 17.9 Å². The number of carbonyl (C=O) groups is 3. The van der Waals surface area contributed by atoms with Gasteiger partial charge in [0, 0.05) is 12.5 Å². The molecule has 2 fully saturated rings. The second-order valence-electron chi connectivity index (χ2n) is 7.88. The molecule has 0 bridgehead atoms. The number of esters is 3. The SMILES string of the molecule is CC(=O)Oc1ccccc1C(=O)O[C@H]1CO[C@H]2[C@@H]1OC[C@H]2OC(=O)c1cccc(CO[N+](=O)[O-])c1O. The fourth-order valence-corrected chi connectivity index (χ4v) is 3.91. The zero-order valence-corrected chi connectivity index (χ0v) is 18.9. The number of aromatic hydroxyl groups is 1. The van der Waals surface area contributed by atoms with Crippen molar-refractivity contribution < 1.29 is 53.1 Å². The molecule has 13 nitrogen and oxygen atoms in total. The van der Waals surface area contributed by atoms with E-state index in [1.807, 2.05) is 0 Å². The average molecular weight is 503 g/mol. The van der Waals surface area contributed by atoms with Gasteiger partial charge in [-0.25, -0.2) is 9.59 Å². The molecule has 0 aliphatic carbocycles. The third kappa shape index (κ3) is 5.37. The van der Waals surface area contributed by atoms with Gasteiger partial charge in [0.25, 0.3) is 5.09 Å². The molecule has 0 unspecified atom stereocenters. The number of fused-ring (bicyclic) bond motifs is 1. The van der Waals surface area contributed by atoms with Gasteiger partial charge < -0.3 is 33.6 Å². The molecule has 4 atom stereocenters. The number of benzene rings is 2. The van der Waals surface area contributed by atoms with Gasteiger partial charge in [-0.2, -0.15) is 0 Å². The smallest absolute Gasteiger partial charge is 0.342 e. The van der Waals surface area contributed by atoms with Crippen molar-refractivity contribution in [1.29, 1.82) is 0 Å². The number of nitrogens with zero attached hydrogens (tertiary/aromatic N) is 1. The minimum absolute atomic E-state index is 0.0240. The van der Waals surface area contributed by atoms with Crippen LogP contribution in [0.15, 0.2) is 42.5 Å². The number of phenolic OH excluding ortho intramolecular Hbond substituents is 1. The third-order valence-electron chi connectivity index (χ3n) is 5.50. The first kappa shape index (κ1) is 24.9.